The van der Waals surface area contributed by atoms with Gasteiger partial charge in [-0.2, -0.15) is 0 Å². The van der Waals surface area contributed by atoms with Crippen molar-refractivity contribution >= 4 is 18.0 Å². The number of carbonyl (C=O) groups is 2. The Kier molecular flexibility index (Phi) is 5.58. The van der Waals surface area contributed by atoms with Gasteiger partial charge >= 0.3 is 5.97 Å². The van der Waals surface area contributed by atoms with Gasteiger partial charge in [0.2, 0.25) is 11.7 Å². The second-order valence-corrected chi connectivity index (χ2v) is 6.26. The highest BCUT2D eigenvalue weighted by atomic mass is 16.6. The van der Waals surface area contributed by atoms with Crippen LogP contribution in [0.15, 0.2) is 28.7 Å². The Labute approximate surface area is 161 Å². The summed E-state index contributed by atoms with van der Waals surface area (Å²) in [5.74, 6) is 1.04. The van der Waals surface area contributed by atoms with Gasteiger partial charge in [-0.25, -0.2) is 4.79 Å². The number of hydrogen-bond acceptors (Lipinski definition) is 6. The van der Waals surface area contributed by atoms with E-state index in [-0.39, 0.29) is 18.0 Å². The van der Waals surface area contributed by atoms with E-state index < -0.39 is 5.97 Å². The van der Waals surface area contributed by atoms with Gasteiger partial charge in [0.25, 0.3) is 0 Å². The fraction of sp³-hybridized carbons (Fsp3) is 0.300. The number of aryl methyl sites for hydroxylation is 1. The molecular formula is C20H21NO7. The smallest absolute Gasteiger partial charge is 0.339 e. The molecule has 0 saturated heterocycles. The van der Waals surface area contributed by atoms with Crippen molar-refractivity contribution in [2.75, 3.05) is 27.4 Å². The van der Waals surface area contributed by atoms with E-state index >= 15 is 0 Å². The summed E-state index contributed by atoms with van der Waals surface area (Å²) >= 11 is 0. The average molecular weight is 387 g/mol. The second-order valence-electron chi connectivity index (χ2n) is 6.26. The molecule has 0 fully saturated rings. The number of carboxylic acid groups (broad SMARTS) is 1. The van der Waals surface area contributed by atoms with Crippen LogP contribution < -0.4 is 14.2 Å². The molecule has 1 aliphatic heterocycles. The molecule has 1 aromatic carbocycles. The fourth-order valence-corrected chi connectivity index (χ4v) is 2.83. The van der Waals surface area contributed by atoms with Crippen LogP contribution in [0, 0.1) is 6.92 Å². The lowest BCUT2D eigenvalue weighted by Crippen LogP contribution is -2.23. The predicted molar refractivity (Wildman–Crippen MR) is 99.9 cm³/mol. The summed E-state index contributed by atoms with van der Waals surface area (Å²) in [7, 11) is 3.14. The molecule has 0 aliphatic carbocycles. The molecule has 148 valence electrons. The maximum Gasteiger partial charge on any atom is 0.339 e. The van der Waals surface area contributed by atoms with Crippen LogP contribution in [0.25, 0.3) is 6.08 Å². The third-order valence-corrected chi connectivity index (χ3v) is 4.24. The summed E-state index contributed by atoms with van der Waals surface area (Å²) in [6.45, 7) is 2.63. The number of aromatic carboxylic acids is 1. The van der Waals surface area contributed by atoms with E-state index in [0.717, 1.165) is 5.56 Å². The number of likely N-dealkylation sites (N-methyl/N-ethyl adjacent to an activating group) is 1. The quantitative estimate of drug-likeness (QED) is 0.761. The first-order chi connectivity index (χ1) is 13.4. The molecule has 1 aromatic heterocycles. The SMILES string of the molecule is COc1cc(C=CC(=O)N(C)Cc2cc(C(=O)O)c(C)o2)cc2c1OCCO2. The number of amides is 1. The molecule has 0 bridgehead atoms. The molecule has 1 amide bonds. The maximum absolute atomic E-state index is 12.4. The number of methoxy groups -OCH3 is 1. The van der Waals surface area contributed by atoms with Gasteiger partial charge in [-0.1, -0.05) is 0 Å². The number of carbonyl (C=O) groups excluding carboxylic acids is 1. The topological polar surface area (TPSA) is 98.4 Å². The molecule has 8 nitrogen and oxygen atoms in total. The van der Waals surface area contributed by atoms with Gasteiger partial charge in [-0.15, -0.1) is 0 Å². The third kappa shape index (κ3) is 4.11. The second kappa shape index (κ2) is 8.08. The van der Waals surface area contributed by atoms with Gasteiger partial charge in [0.1, 0.15) is 30.3 Å². The summed E-state index contributed by atoms with van der Waals surface area (Å²) in [5.41, 5.74) is 0.819. The van der Waals surface area contributed by atoms with Crippen LogP contribution in [0.5, 0.6) is 17.2 Å². The molecule has 0 saturated carbocycles. The molecule has 1 N–H and O–H groups in total. The van der Waals surface area contributed by atoms with E-state index in [1.54, 1.807) is 32.2 Å². The van der Waals surface area contributed by atoms with Crippen LogP contribution in [-0.2, 0) is 11.3 Å². The van der Waals surface area contributed by atoms with Crippen molar-refractivity contribution in [1.29, 1.82) is 0 Å². The highest BCUT2D eigenvalue weighted by Crippen LogP contribution is 2.40. The molecule has 2 aromatic rings. The van der Waals surface area contributed by atoms with Crippen molar-refractivity contribution in [2.24, 2.45) is 0 Å². The van der Waals surface area contributed by atoms with E-state index in [1.165, 1.54) is 24.2 Å². The van der Waals surface area contributed by atoms with Crippen LogP contribution >= 0.6 is 0 Å². The summed E-state index contributed by atoms with van der Waals surface area (Å²) in [6, 6.07) is 4.96. The number of carboxylic acids is 1. The lowest BCUT2D eigenvalue weighted by molar-refractivity contribution is -0.125. The number of ether oxygens (including phenoxy) is 3. The Morgan fingerprint density at radius 2 is 2.00 bits per heavy atom. The van der Waals surface area contributed by atoms with Crippen LogP contribution in [0.4, 0.5) is 0 Å². The molecule has 0 unspecified atom stereocenters. The highest BCUT2D eigenvalue weighted by molar-refractivity contribution is 5.92. The minimum Gasteiger partial charge on any atom is -0.493 e. The molecule has 28 heavy (non-hydrogen) atoms. The molecule has 0 atom stereocenters. The average Bonchev–Trinajstić information content (AvgIpc) is 3.05. The maximum atomic E-state index is 12.4. The van der Waals surface area contributed by atoms with Crippen LogP contribution in [0.2, 0.25) is 0 Å². The zero-order chi connectivity index (χ0) is 20.3. The Morgan fingerprint density at radius 3 is 2.68 bits per heavy atom. The Morgan fingerprint density at radius 1 is 1.25 bits per heavy atom. The summed E-state index contributed by atoms with van der Waals surface area (Å²) < 4.78 is 21.9. The fourth-order valence-electron chi connectivity index (χ4n) is 2.83. The number of rotatable bonds is 6. The minimum atomic E-state index is -1.06. The van der Waals surface area contributed by atoms with E-state index in [4.69, 9.17) is 23.7 Å². The van der Waals surface area contributed by atoms with Gasteiger partial charge in [-0.3, -0.25) is 4.79 Å². The normalized spacial score (nSPS) is 12.8. The Balaban J connectivity index is 1.71. The zero-order valence-electron chi connectivity index (χ0n) is 15.9. The van der Waals surface area contributed by atoms with Gasteiger partial charge in [0.05, 0.1) is 13.7 Å². The first-order valence-electron chi connectivity index (χ1n) is 8.62. The van der Waals surface area contributed by atoms with Crippen molar-refractivity contribution in [3.63, 3.8) is 0 Å². The van der Waals surface area contributed by atoms with Crippen LogP contribution in [-0.4, -0.2) is 49.3 Å². The van der Waals surface area contributed by atoms with Crippen molar-refractivity contribution in [3.05, 3.63) is 46.9 Å². The largest absolute Gasteiger partial charge is 0.493 e. The molecule has 3 rings (SSSR count). The van der Waals surface area contributed by atoms with Gasteiger partial charge in [0, 0.05) is 13.1 Å². The molecular weight excluding hydrogens is 366 g/mol. The minimum absolute atomic E-state index is 0.0924. The summed E-state index contributed by atoms with van der Waals surface area (Å²) in [5, 5.41) is 9.08. The van der Waals surface area contributed by atoms with Crippen molar-refractivity contribution in [1.82, 2.24) is 4.90 Å². The molecule has 2 heterocycles. The predicted octanol–water partition coefficient (Wildman–Crippen LogP) is 2.74. The lowest BCUT2D eigenvalue weighted by atomic mass is 10.1. The van der Waals surface area contributed by atoms with Gasteiger partial charge in [-0.05, 0) is 36.8 Å². The van der Waals surface area contributed by atoms with Crippen molar-refractivity contribution in [3.8, 4) is 17.2 Å². The van der Waals surface area contributed by atoms with Gasteiger partial charge < -0.3 is 28.6 Å². The van der Waals surface area contributed by atoms with E-state index in [9.17, 15) is 9.59 Å². The summed E-state index contributed by atoms with van der Waals surface area (Å²) in [6.07, 6.45) is 3.06. The van der Waals surface area contributed by atoms with Crippen LogP contribution in [0.1, 0.15) is 27.4 Å². The highest BCUT2D eigenvalue weighted by Gasteiger charge is 2.18. The number of nitrogens with zero attached hydrogens (tertiary/aromatic N) is 1. The molecule has 0 radical (unpaired) electrons. The number of fused-ring (bicyclic) bond motifs is 1. The lowest BCUT2D eigenvalue weighted by Gasteiger charge is -2.21. The standard InChI is InChI=1S/C20H21NO7/c1-12-15(20(23)24)10-14(28-12)11-21(2)18(22)5-4-13-8-16(25-3)19-17(9-13)26-6-7-27-19/h4-5,8-10H,6-7,11H2,1-3H3,(H,23,24). The Hall–Kier alpha value is -3.42. The monoisotopic (exact) mass is 387 g/mol. The number of furan rings is 1. The molecule has 8 heteroatoms. The van der Waals surface area contributed by atoms with E-state index in [2.05, 4.69) is 0 Å². The zero-order valence-corrected chi connectivity index (χ0v) is 15.9. The first kappa shape index (κ1) is 19.3. The Bertz CT molecular complexity index is 912. The number of benzene rings is 1. The first-order valence-corrected chi connectivity index (χ1v) is 8.62. The summed E-state index contributed by atoms with van der Waals surface area (Å²) in [4.78, 5) is 24.9. The van der Waals surface area contributed by atoms with Crippen molar-refractivity contribution in [2.45, 2.75) is 13.5 Å². The van der Waals surface area contributed by atoms with Crippen LogP contribution in [0.3, 0.4) is 0 Å². The van der Waals surface area contributed by atoms with E-state index in [0.29, 0.717) is 42.0 Å². The third-order valence-electron chi connectivity index (χ3n) is 4.24. The molecule has 0 spiro atoms. The van der Waals surface area contributed by atoms with E-state index in [1.807, 2.05) is 0 Å². The number of hydrogen-bond donors (Lipinski definition) is 1. The molecule has 1 aliphatic rings. The van der Waals surface area contributed by atoms with Gasteiger partial charge in [0.15, 0.2) is 11.5 Å². The van der Waals surface area contributed by atoms with Crippen molar-refractivity contribution < 1.29 is 33.3 Å².